The molecule has 102 valence electrons. The third-order valence-corrected chi connectivity index (χ3v) is 4.05. The molecule has 0 amide bonds. The Morgan fingerprint density at radius 2 is 1.75 bits per heavy atom. The van der Waals surface area contributed by atoms with Gasteiger partial charge in [-0.1, -0.05) is 35.9 Å². The number of hydrogen-bond acceptors (Lipinski definition) is 3. The fourth-order valence-electron chi connectivity index (χ4n) is 1.80. The smallest absolute Gasteiger partial charge is 0.236 e. The number of nitrogens with zero attached hydrogens (tertiary/aromatic N) is 1. The van der Waals surface area contributed by atoms with Gasteiger partial charge in [-0.05, 0) is 30.7 Å². The van der Waals surface area contributed by atoms with Crippen molar-refractivity contribution in [1.29, 1.82) is 5.26 Å². The predicted molar refractivity (Wildman–Crippen MR) is 78.6 cm³/mol. The molecule has 0 aliphatic heterocycles. The molecule has 5 heteroatoms. The molecule has 0 bridgehead atoms. The van der Waals surface area contributed by atoms with E-state index >= 15 is 0 Å². The Bertz CT molecular complexity index is 744. The lowest BCUT2D eigenvalue weighted by Crippen LogP contribution is -2.15. The van der Waals surface area contributed by atoms with Gasteiger partial charge in [0.05, 0.1) is 17.4 Å². The van der Waals surface area contributed by atoms with E-state index in [1.54, 1.807) is 36.4 Å². The first-order valence-electron chi connectivity index (χ1n) is 6.05. The minimum atomic E-state index is -3.53. The highest BCUT2D eigenvalue weighted by molar-refractivity contribution is 7.91. The lowest BCUT2D eigenvalue weighted by Gasteiger charge is -2.09. The van der Waals surface area contributed by atoms with Crippen LogP contribution in [-0.4, -0.2) is 8.42 Å². The van der Waals surface area contributed by atoms with Gasteiger partial charge in [0, 0.05) is 5.69 Å². The average molecular weight is 286 g/mol. The molecule has 0 fully saturated rings. The molecule has 20 heavy (non-hydrogen) atoms. The Labute approximate surface area is 118 Å². The molecule has 1 N–H and O–H groups in total. The van der Waals surface area contributed by atoms with Crippen molar-refractivity contribution in [3.63, 3.8) is 0 Å². The molecule has 0 saturated carbocycles. The van der Waals surface area contributed by atoms with E-state index in [4.69, 9.17) is 5.26 Å². The average Bonchev–Trinajstić information content (AvgIpc) is 2.41. The van der Waals surface area contributed by atoms with Crippen LogP contribution in [0.3, 0.4) is 0 Å². The zero-order chi connectivity index (χ0) is 14.6. The molecule has 0 saturated heterocycles. The van der Waals surface area contributed by atoms with E-state index in [1.165, 1.54) is 0 Å². The number of anilines is 1. The summed E-state index contributed by atoms with van der Waals surface area (Å²) in [6.07, 6.45) is 0. The lowest BCUT2D eigenvalue weighted by atomic mass is 10.1. The van der Waals surface area contributed by atoms with Gasteiger partial charge < -0.3 is 0 Å². The van der Waals surface area contributed by atoms with Crippen molar-refractivity contribution in [1.82, 2.24) is 0 Å². The van der Waals surface area contributed by atoms with Gasteiger partial charge in [0.1, 0.15) is 0 Å². The standard InChI is InChI=1S/C15H14N2O2S/c1-12-6-8-15(9-7-12)17-20(18,19)11-14-5-3-2-4-13(14)10-16/h2-9,17H,11H2,1H3. The van der Waals surface area contributed by atoms with E-state index in [0.717, 1.165) is 5.56 Å². The maximum Gasteiger partial charge on any atom is 0.236 e. The second kappa shape index (κ2) is 5.76. The Morgan fingerprint density at radius 1 is 1.10 bits per heavy atom. The SMILES string of the molecule is Cc1ccc(NS(=O)(=O)Cc2ccccc2C#N)cc1. The van der Waals surface area contributed by atoms with Crippen LogP contribution >= 0.6 is 0 Å². The van der Waals surface area contributed by atoms with E-state index in [-0.39, 0.29) is 5.75 Å². The number of nitrogens with one attached hydrogen (secondary N) is 1. The molecule has 0 heterocycles. The van der Waals surface area contributed by atoms with Crippen molar-refractivity contribution < 1.29 is 8.42 Å². The molecule has 0 radical (unpaired) electrons. The lowest BCUT2D eigenvalue weighted by molar-refractivity contribution is 0.600. The molecule has 0 aromatic heterocycles. The van der Waals surface area contributed by atoms with Gasteiger partial charge in [0.15, 0.2) is 0 Å². The second-order valence-electron chi connectivity index (χ2n) is 4.50. The molecule has 0 unspecified atom stereocenters. The highest BCUT2D eigenvalue weighted by Crippen LogP contribution is 2.15. The minimum absolute atomic E-state index is 0.218. The van der Waals surface area contributed by atoms with Crippen molar-refractivity contribution in [2.24, 2.45) is 0 Å². The monoisotopic (exact) mass is 286 g/mol. The molecule has 0 aliphatic rings. The van der Waals surface area contributed by atoms with Crippen molar-refractivity contribution in [3.05, 3.63) is 65.2 Å². The van der Waals surface area contributed by atoms with E-state index in [9.17, 15) is 8.42 Å². The fourth-order valence-corrected chi connectivity index (χ4v) is 3.03. The van der Waals surface area contributed by atoms with Crippen LogP contribution < -0.4 is 4.72 Å². The summed E-state index contributed by atoms with van der Waals surface area (Å²) in [6.45, 7) is 1.93. The summed E-state index contributed by atoms with van der Waals surface area (Å²) in [6, 6.07) is 15.8. The van der Waals surface area contributed by atoms with Gasteiger partial charge in [0.2, 0.25) is 10.0 Å². The first kappa shape index (κ1) is 14.1. The number of sulfonamides is 1. The van der Waals surface area contributed by atoms with E-state index in [0.29, 0.717) is 16.8 Å². The normalized spacial score (nSPS) is 10.8. The largest absolute Gasteiger partial charge is 0.283 e. The summed E-state index contributed by atoms with van der Waals surface area (Å²) in [4.78, 5) is 0. The van der Waals surface area contributed by atoms with Crippen LogP contribution in [0.15, 0.2) is 48.5 Å². The van der Waals surface area contributed by atoms with Crippen molar-refractivity contribution in [3.8, 4) is 6.07 Å². The van der Waals surface area contributed by atoms with Gasteiger partial charge in [0.25, 0.3) is 0 Å². The summed E-state index contributed by atoms with van der Waals surface area (Å²) in [7, 11) is -3.53. The highest BCUT2D eigenvalue weighted by atomic mass is 32.2. The fraction of sp³-hybridized carbons (Fsp3) is 0.133. The minimum Gasteiger partial charge on any atom is -0.283 e. The number of benzene rings is 2. The molecule has 0 aliphatic carbocycles. The van der Waals surface area contributed by atoms with Crippen LogP contribution in [0.1, 0.15) is 16.7 Å². The van der Waals surface area contributed by atoms with Gasteiger partial charge in [-0.25, -0.2) is 8.42 Å². The quantitative estimate of drug-likeness (QED) is 0.939. The molecule has 2 rings (SSSR count). The van der Waals surface area contributed by atoms with Gasteiger partial charge >= 0.3 is 0 Å². The van der Waals surface area contributed by atoms with Crippen LogP contribution in [0.2, 0.25) is 0 Å². The summed E-state index contributed by atoms with van der Waals surface area (Å²) in [5.41, 5.74) is 2.45. The van der Waals surface area contributed by atoms with Crippen LogP contribution in [-0.2, 0) is 15.8 Å². The molecule has 2 aromatic rings. The molecule has 4 nitrogen and oxygen atoms in total. The van der Waals surface area contributed by atoms with Crippen molar-refractivity contribution >= 4 is 15.7 Å². The molecular weight excluding hydrogens is 272 g/mol. The van der Waals surface area contributed by atoms with Crippen LogP contribution in [0.4, 0.5) is 5.69 Å². The Hall–Kier alpha value is -2.32. The first-order valence-corrected chi connectivity index (χ1v) is 7.70. The molecule has 2 aromatic carbocycles. The third-order valence-electron chi connectivity index (χ3n) is 2.81. The van der Waals surface area contributed by atoms with E-state index < -0.39 is 10.0 Å². The van der Waals surface area contributed by atoms with Gasteiger partial charge in [-0.3, -0.25) is 4.72 Å². The summed E-state index contributed by atoms with van der Waals surface area (Å²) >= 11 is 0. The number of rotatable bonds is 4. The summed E-state index contributed by atoms with van der Waals surface area (Å²) in [5, 5.41) is 8.97. The highest BCUT2D eigenvalue weighted by Gasteiger charge is 2.14. The Balaban J connectivity index is 2.19. The number of hydrogen-bond donors (Lipinski definition) is 1. The molecule has 0 spiro atoms. The zero-order valence-corrected chi connectivity index (χ0v) is 11.8. The van der Waals surface area contributed by atoms with Gasteiger partial charge in [-0.15, -0.1) is 0 Å². The number of nitriles is 1. The maximum absolute atomic E-state index is 12.1. The predicted octanol–water partition coefficient (Wildman–Crippen LogP) is 2.81. The maximum atomic E-state index is 12.1. The second-order valence-corrected chi connectivity index (χ2v) is 6.22. The Kier molecular flexibility index (Phi) is 4.06. The van der Waals surface area contributed by atoms with Crippen molar-refractivity contribution in [2.75, 3.05) is 4.72 Å². The summed E-state index contributed by atoms with van der Waals surface area (Å²) in [5.74, 6) is -0.218. The van der Waals surface area contributed by atoms with Crippen LogP contribution in [0.5, 0.6) is 0 Å². The first-order chi connectivity index (χ1) is 9.50. The summed E-state index contributed by atoms with van der Waals surface area (Å²) < 4.78 is 26.7. The van der Waals surface area contributed by atoms with Crippen LogP contribution in [0, 0.1) is 18.3 Å². The molecule has 0 atom stereocenters. The zero-order valence-electron chi connectivity index (χ0n) is 11.0. The van der Waals surface area contributed by atoms with Crippen LogP contribution in [0.25, 0.3) is 0 Å². The topological polar surface area (TPSA) is 70.0 Å². The van der Waals surface area contributed by atoms with E-state index in [2.05, 4.69) is 4.72 Å². The van der Waals surface area contributed by atoms with Crippen molar-refractivity contribution in [2.45, 2.75) is 12.7 Å². The molecular formula is C15H14N2O2S. The third kappa shape index (κ3) is 3.59. The Morgan fingerprint density at radius 3 is 2.40 bits per heavy atom. The van der Waals surface area contributed by atoms with Gasteiger partial charge in [-0.2, -0.15) is 5.26 Å². The number of aryl methyl sites for hydroxylation is 1. The van der Waals surface area contributed by atoms with E-state index in [1.807, 2.05) is 25.1 Å².